The monoisotopic (exact) mass is 398 g/mol. The summed E-state index contributed by atoms with van der Waals surface area (Å²) in [6.45, 7) is 0.609. The molecule has 0 fully saturated rings. The fourth-order valence-electron chi connectivity index (χ4n) is 3.03. The summed E-state index contributed by atoms with van der Waals surface area (Å²) in [5.74, 6) is 2.12. The van der Waals surface area contributed by atoms with Crippen molar-refractivity contribution in [1.82, 2.24) is 0 Å². The van der Waals surface area contributed by atoms with Gasteiger partial charge in [-0.1, -0.05) is 17.7 Å². The van der Waals surface area contributed by atoms with Crippen molar-refractivity contribution >= 4 is 17.9 Å². The normalized spacial score (nSPS) is 10.6. The quantitative estimate of drug-likeness (QED) is 0.301. The number of benzene rings is 2. The molecule has 4 nitrogen and oxygen atoms in total. The zero-order valence-corrected chi connectivity index (χ0v) is 16.6. The van der Waals surface area contributed by atoms with Gasteiger partial charge >= 0.3 is 0 Å². The second-order valence-corrected chi connectivity index (χ2v) is 6.89. The van der Waals surface area contributed by atoms with Gasteiger partial charge in [0, 0.05) is 5.56 Å². The number of aldehydes is 1. The van der Waals surface area contributed by atoms with Gasteiger partial charge in [-0.2, -0.15) is 0 Å². The SMILES string of the molecule is COc1ccc(CCCCCOc2ccc(C=O)cc2-c2ccco2)cc1Cl. The van der Waals surface area contributed by atoms with Crippen LogP contribution >= 0.6 is 11.6 Å². The molecule has 0 N–H and O–H groups in total. The van der Waals surface area contributed by atoms with E-state index in [4.69, 9.17) is 25.5 Å². The number of carbonyl (C=O) groups excluding carboxylic acids is 1. The Morgan fingerprint density at radius 2 is 1.89 bits per heavy atom. The first kappa shape index (κ1) is 20.0. The summed E-state index contributed by atoms with van der Waals surface area (Å²) in [5, 5.41) is 0.646. The molecule has 0 spiro atoms. The lowest BCUT2D eigenvalue weighted by atomic mass is 10.1. The molecular weight excluding hydrogens is 376 g/mol. The number of methoxy groups -OCH3 is 1. The molecule has 146 valence electrons. The second kappa shape index (κ2) is 10.00. The molecule has 0 saturated heterocycles. The molecule has 0 aliphatic rings. The lowest BCUT2D eigenvalue weighted by Gasteiger charge is -2.11. The van der Waals surface area contributed by atoms with Gasteiger partial charge in [-0.15, -0.1) is 0 Å². The van der Waals surface area contributed by atoms with Crippen molar-refractivity contribution in [3.63, 3.8) is 0 Å². The van der Waals surface area contributed by atoms with Gasteiger partial charge in [0.15, 0.2) is 0 Å². The molecule has 5 heteroatoms. The Morgan fingerprint density at radius 3 is 2.61 bits per heavy atom. The maximum absolute atomic E-state index is 11.1. The summed E-state index contributed by atoms with van der Waals surface area (Å²) in [6.07, 6.45) is 6.44. The summed E-state index contributed by atoms with van der Waals surface area (Å²) in [5.41, 5.74) is 2.59. The van der Waals surface area contributed by atoms with Crippen molar-refractivity contribution in [2.45, 2.75) is 25.7 Å². The standard InChI is InChI=1S/C23H23ClO4/c1-26-23-11-8-17(15-20(23)24)6-3-2-4-12-27-22-10-9-18(16-25)14-19(22)21-7-5-13-28-21/h5,7-11,13-16H,2-4,6,12H2,1H3. The van der Waals surface area contributed by atoms with Crippen LogP contribution in [0.4, 0.5) is 0 Å². The zero-order valence-electron chi connectivity index (χ0n) is 15.8. The zero-order chi connectivity index (χ0) is 19.8. The first-order valence-corrected chi connectivity index (χ1v) is 9.67. The number of halogens is 1. The lowest BCUT2D eigenvalue weighted by molar-refractivity contribution is 0.112. The number of ether oxygens (including phenoxy) is 2. The first-order valence-electron chi connectivity index (χ1n) is 9.29. The minimum atomic E-state index is 0.594. The fraction of sp³-hybridized carbons (Fsp3) is 0.261. The lowest BCUT2D eigenvalue weighted by Crippen LogP contribution is -2.00. The smallest absolute Gasteiger partial charge is 0.150 e. The number of furan rings is 1. The van der Waals surface area contributed by atoms with E-state index >= 15 is 0 Å². The molecule has 1 aromatic heterocycles. The Hall–Kier alpha value is -2.72. The molecule has 0 atom stereocenters. The van der Waals surface area contributed by atoms with E-state index in [2.05, 4.69) is 0 Å². The molecule has 0 saturated carbocycles. The third-order valence-electron chi connectivity index (χ3n) is 4.51. The molecule has 28 heavy (non-hydrogen) atoms. The van der Waals surface area contributed by atoms with Gasteiger partial charge in [-0.25, -0.2) is 0 Å². The van der Waals surface area contributed by atoms with Gasteiger partial charge < -0.3 is 13.9 Å². The summed E-state index contributed by atoms with van der Waals surface area (Å²) >= 11 is 6.16. The molecule has 0 amide bonds. The molecule has 3 rings (SSSR count). The maximum Gasteiger partial charge on any atom is 0.150 e. The largest absolute Gasteiger partial charge is 0.495 e. The summed E-state index contributed by atoms with van der Waals surface area (Å²) in [7, 11) is 1.62. The molecule has 0 radical (unpaired) electrons. The molecular formula is C23H23ClO4. The van der Waals surface area contributed by atoms with E-state index in [1.165, 1.54) is 5.56 Å². The van der Waals surface area contributed by atoms with Gasteiger partial charge in [0.25, 0.3) is 0 Å². The van der Waals surface area contributed by atoms with Crippen molar-refractivity contribution in [1.29, 1.82) is 0 Å². The van der Waals surface area contributed by atoms with Crippen LogP contribution in [0.5, 0.6) is 11.5 Å². The molecule has 0 aliphatic carbocycles. The number of rotatable bonds is 10. The highest BCUT2D eigenvalue weighted by Crippen LogP contribution is 2.31. The van der Waals surface area contributed by atoms with Gasteiger partial charge in [-0.3, -0.25) is 4.79 Å². The average molecular weight is 399 g/mol. The summed E-state index contributed by atoms with van der Waals surface area (Å²) in [6, 6.07) is 14.9. The molecule has 0 aliphatic heterocycles. The van der Waals surface area contributed by atoms with E-state index < -0.39 is 0 Å². The van der Waals surface area contributed by atoms with Crippen molar-refractivity contribution in [2.75, 3.05) is 13.7 Å². The van der Waals surface area contributed by atoms with E-state index in [1.807, 2.05) is 36.4 Å². The van der Waals surface area contributed by atoms with Gasteiger partial charge in [0.1, 0.15) is 23.5 Å². The third kappa shape index (κ3) is 5.17. The number of aryl methyl sites for hydroxylation is 1. The minimum Gasteiger partial charge on any atom is -0.495 e. The number of hydrogen-bond donors (Lipinski definition) is 0. The van der Waals surface area contributed by atoms with Crippen molar-refractivity contribution < 1.29 is 18.7 Å². The van der Waals surface area contributed by atoms with E-state index in [0.717, 1.165) is 43.3 Å². The highest BCUT2D eigenvalue weighted by Gasteiger charge is 2.10. The van der Waals surface area contributed by atoms with Crippen LogP contribution in [-0.2, 0) is 6.42 Å². The number of unbranched alkanes of at least 4 members (excludes halogenated alkanes) is 2. The average Bonchev–Trinajstić information content (AvgIpc) is 3.25. The molecule has 0 unspecified atom stereocenters. The third-order valence-corrected chi connectivity index (χ3v) is 4.81. The van der Waals surface area contributed by atoms with E-state index in [0.29, 0.717) is 28.7 Å². The molecule has 1 heterocycles. The predicted molar refractivity (Wildman–Crippen MR) is 111 cm³/mol. The van der Waals surface area contributed by atoms with Crippen molar-refractivity contribution in [2.24, 2.45) is 0 Å². The van der Waals surface area contributed by atoms with Crippen LogP contribution in [0.2, 0.25) is 5.02 Å². The highest BCUT2D eigenvalue weighted by atomic mass is 35.5. The van der Waals surface area contributed by atoms with Crippen molar-refractivity contribution in [3.8, 4) is 22.8 Å². The molecule has 2 aromatic carbocycles. The van der Waals surface area contributed by atoms with Crippen molar-refractivity contribution in [3.05, 3.63) is 70.9 Å². The molecule has 3 aromatic rings. The Morgan fingerprint density at radius 1 is 1.04 bits per heavy atom. The van der Waals surface area contributed by atoms with Crippen LogP contribution in [0.25, 0.3) is 11.3 Å². The first-order chi connectivity index (χ1) is 13.7. The van der Waals surface area contributed by atoms with Crippen LogP contribution in [0.1, 0.15) is 35.2 Å². The van der Waals surface area contributed by atoms with Crippen LogP contribution in [0.3, 0.4) is 0 Å². The Bertz CT molecular complexity index is 903. The topological polar surface area (TPSA) is 48.7 Å². The van der Waals surface area contributed by atoms with E-state index in [1.54, 1.807) is 25.5 Å². The van der Waals surface area contributed by atoms with E-state index in [-0.39, 0.29) is 0 Å². The summed E-state index contributed by atoms with van der Waals surface area (Å²) < 4.78 is 16.6. The van der Waals surface area contributed by atoms with Crippen LogP contribution < -0.4 is 9.47 Å². The van der Waals surface area contributed by atoms with Gasteiger partial charge in [0.2, 0.25) is 0 Å². The highest BCUT2D eigenvalue weighted by molar-refractivity contribution is 6.32. The Kier molecular flexibility index (Phi) is 7.15. The molecule has 0 bridgehead atoms. The maximum atomic E-state index is 11.1. The van der Waals surface area contributed by atoms with Crippen LogP contribution in [0.15, 0.2) is 59.2 Å². The number of hydrogen-bond acceptors (Lipinski definition) is 4. The second-order valence-electron chi connectivity index (χ2n) is 6.48. The minimum absolute atomic E-state index is 0.594. The fourth-order valence-corrected chi connectivity index (χ4v) is 3.31. The van der Waals surface area contributed by atoms with Gasteiger partial charge in [0.05, 0.1) is 30.6 Å². The van der Waals surface area contributed by atoms with Crippen LogP contribution in [0, 0.1) is 0 Å². The number of carbonyl (C=O) groups is 1. The Labute approximate surface area is 170 Å². The predicted octanol–water partition coefficient (Wildman–Crippen LogP) is 6.21. The Balaban J connectivity index is 1.48. The van der Waals surface area contributed by atoms with Crippen LogP contribution in [-0.4, -0.2) is 20.0 Å². The van der Waals surface area contributed by atoms with Gasteiger partial charge in [-0.05, 0) is 73.7 Å². The van der Waals surface area contributed by atoms with E-state index in [9.17, 15) is 4.79 Å². The summed E-state index contributed by atoms with van der Waals surface area (Å²) in [4.78, 5) is 11.1.